The van der Waals surface area contributed by atoms with E-state index < -0.39 is 9.84 Å². The highest BCUT2D eigenvalue weighted by Crippen LogP contribution is 2.22. The van der Waals surface area contributed by atoms with Gasteiger partial charge in [-0.1, -0.05) is 0 Å². The Morgan fingerprint density at radius 2 is 2.04 bits per heavy atom. The summed E-state index contributed by atoms with van der Waals surface area (Å²) in [5.74, 6) is -0.268. The molecular weight excluding hydrogens is 332 g/mol. The second kappa shape index (κ2) is 7.82. The van der Waals surface area contributed by atoms with Crippen molar-refractivity contribution >= 4 is 21.7 Å². The van der Waals surface area contributed by atoms with E-state index >= 15 is 0 Å². The zero-order chi connectivity index (χ0) is 17.9. The standard InChI is InChI=1S/C16H28N2O5S/c1-4-23-16(20)13-6-5-8-18(10-13)12(2)15(19)17(3)14-7-9-24(21,22)11-14/h12-14H,4-11H2,1-3H3. The van der Waals surface area contributed by atoms with Gasteiger partial charge in [0.2, 0.25) is 5.91 Å². The molecule has 0 aromatic carbocycles. The van der Waals surface area contributed by atoms with Crippen molar-refractivity contribution in [1.82, 2.24) is 9.80 Å². The average molecular weight is 360 g/mol. The normalized spacial score (nSPS) is 28.3. The summed E-state index contributed by atoms with van der Waals surface area (Å²) in [6.45, 7) is 5.26. The molecule has 3 unspecified atom stereocenters. The van der Waals surface area contributed by atoms with Crippen LogP contribution in [-0.2, 0) is 24.2 Å². The summed E-state index contributed by atoms with van der Waals surface area (Å²) in [4.78, 5) is 28.2. The van der Waals surface area contributed by atoms with E-state index in [-0.39, 0.29) is 41.4 Å². The van der Waals surface area contributed by atoms with Gasteiger partial charge < -0.3 is 9.64 Å². The molecule has 2 aliphatic heterocycles. The summed E-state index contributed by atoms with van der Waals surface area (Å²) in [5.41, 5.74) is 0. The van der Waals surface area contributed by atoms with Gasteiger partial charge in [-0.2, -0.15) is 0 Å². The molecule has 2 heterocycles. The number of amides is 1. The number of hydrogen-bond donors (Lipinski definition) is 0. The van der Waals surface area contributed by atoms with Crippen LogP contribution in [0.4, 0.5) is 0 Å². The lowest BCUT2D eigenvalue weighted by molar-refractivity contribution is -0.151. The second-order valence-corrected chi connectivity index (χ2v) is 9.00. The predicted octanol–water partition coefficient (Wildman–Crippen LogP) is 0.296. The van der Waals surface area contributed by atoms with Gasteiger partial charge in [-0.05, 0) is 39.7 Å². The summed E-state index contributed by atoms with van der Waals surface area (Å²) in [6.07, 6.45) is 2.14. The monoisotopic (exact) mass is 360 g/mol. The van der Waals surface area contributed by atoms with Gasteiger partial charge in [0.05, 0.1) is 30.1 Å². The van der Waals surface area contributed by atoms with Gasteiger partial charge in [-0.25, -0.2) is 8.42 Å². The van der Waals surface area contributed by atoms with Gasteiger partial charge in [-0.15, -0.1) is 0 Å². The fraction of sp³-hybridized carbons (Fsp3) is 0.875. The molecule has 0 N–H and O–H groups in total. The number of piperidine rings is 1. The Balaban J connectivity index is 1.95. The van der Waals surface area contributed by atoms with Crippen LogP contribution >= 0.6 is 0 Å². The van der Waals surface area contributed by atoms with Crippen LogP contribution in [0.2, 0.25) is 0 Å². The zero-order valence-electron chi connectivity index (χ0n) is 14.7. The lowest BCUT2D eigenvalue weighted by atomic mass is 9.96. The van der Waals surface area contributed by atoms with Crippen LogP contribution in [0, 0.1) is 5.92 Å². The fourth-order valence-corrected chi connectivity index (χ4v) is 5.30. The molecule has 2 fully saturated rings. The first-order chi connectivity index (χ1) is 11.2. The van der Waals surface area contributed by atoms with Crippen molar-refractivity contribution in [3.8, 4) is 0 Å². The smallest absolute Gasteiger partial charge is 0.310 e. The van der Waals surface area contributed by atoms with Gasteiger partial charge in [0.1, 0.15) is 0 Å². The molecular formula is C16H28N2O5S. The van der Waals surface area contributed by atoms with Crippen molar-refractivity contribution in [3.05, 3.63) is 0 Å². The van der Waals surface area contributed by atoms with Crippen molar-refractivity contribution in [3.63, 3.8) is 0 Å². The van der Waals surface area contributed by atoms with E-state index in [2.05, 4.69) is 0 Å². The van der Waals surface area contributed by atoms with Crippen LogP contribution in [-0.4, -0.2) is 80.4 Å². The third kappa shape index (κ3) is 4.47. The molecule has 0 radical (unpaired) electrons. The maximum atomic E-state index is 12.7. The molecule has 138 valence electrons. The highest BCUT2D eigenvalue weighted by molar-refractivity contribution is 7.91. The van der Waals surface area contributed by atoms with E-state index in [1.165, 1.54) is 0 Å². The molecule has 8 heteroatoms. The third-order valence-corrected chi connectivity index (χ3v) is 6.83. The van der Waals surface area contributed by atoms with Gasteiger partial charge in [-0.3, -0.25) is 14.5 Å². The number of ether oxygens (including phenoxy) is 1. The summed E-state index contributed by atoms with van der Waals surface area (Å²) in [5, 5.41) is 0. The van der Waals surface area contributed by atoms with Gasteiger partial charge in [0, 0.05) is 19.6 Å². The molecule has 2 saturated heterocycles. The summed E-state index contributed by atoms with van der Waals surface area (Å²) in [7, 11) is -1.34. The van der Waals surface area contributed by atoms with Crippen LogP contribution in [0.1, 0.15) is 33.1 Å². The molecule has 3 atom stereocenters. The van der Waals surface area contributed by atoms with Crippen LogP contribution in [0.25, 0.3) is 0 Å². The Bertz CT molecular complexity index is 577. The van der Waals surface area contributed by atoms with Crippen LogP contribution in [0.3, 0.4) is 0 Å². The third-order valence-electron chi connectivity index (χ3n) is 5.08. The van der Waals surface area contributed by atoms with Crippen molar-refractivity contribution in [1.29, 1.82) is 0 Å². The first kappa shape index (κ1) is 19.2. The number of sulfone groups is 1. The van der Waals surface area contributed by atoms with E-state index in [1.807, 2.05) is 11.8 Å². The van der Waals surface area contributed by atoms with Gasteiger partial charge >= 0.3 is 5.97 Å². The quantitative estimate of drug-likeness (QED) is 0.656. The number of likely N-dealkylation sites (tertiary alicyclic amines) is 1. The van der Waals surface area contributed by atoms with Crippen molar-refractivity contribution in [2.45, 2.75) is 45.2 Å². The van der Waals surface area contributed by atoms with Crippen LogP contribution in [0.5, 0.6) is 0 Å². The Morgan fingerprint density at radius 1 is 1.33 bits per heavy atom. The highest BCUT2D eigenvalue weighted by atomic mass is 32.2. The number of carbonyl (C=O) groups excluding carboxylic acids is 2. The number of carbonyl (C=O) groups is 2. The number of likely N-dealkylation sites (N-methyl/N-ethyl adjacent to an activating group) is 1. The Morgan fingerprint density at radius 3 is 2.62 bits per heavy atom. The molecule has 0 saturated carbocycles. The Hall–Kier alpha value is -1.15. The topological polar surface area (TPSA) is 84.0 Å². The molecule has 0 bridgehead atoms. The first-order valence-electron chi connectivity index (χ1n) is 8.63. The zero-order valence-corrected chi connectivity index (χ0v) is 15.5. The molecule has 24 heavy (non-hydrogen) atoms. The number of rotatable bonds is 5. The average Bonchev–Trinajstić information content (AvgIpc) is 2.93. The molecule has 0 spiro atoms. The Kier molecular flexibility index (Phi) is 6.25. The van der Waals surface area contributed by atoms with Gasteiger partial charge in [0.25, 0.3) is 0 Å². The van der Waals surface area contributed by atoms with E-state index in [4.69, 9.17) is 4.74 Å². The fourth-order valence-electron chi connectivity index (χ4n) is 3.52. The number of esters is 1. The van der Waals surface area contributed by atoms with Crippen LogP contribution < -0.4 is 0 Å². The first-order valence-corrected chi connectivity index (χ1v) is 10.4. The molecule has 2 rings (SSSR count). The molecule has 1 amide bonds. The van der Waals surface area contributed by atoms with Crippen molar-refractivity contribution in [2.75, 3.05) is 38.2 Å². The molecule has 0 aromatic heterocycles. The summed E-state index contributed by atoms with van der Waals surface area (Å²) in [6, 6.07) is -0.605. The predicted molar refractivity (Wildman–Crippen MR) is 90.2 cm³/mol. The minimum Gasteiger partial charge on any atom is -0.466 e. The second-order valence-electron chi connectivity index (χ2n) is 6.77. The summed E-state index contributed by atoms with van der Waals surface area (Å²) >= 11 is 0. The van der Waals surface area contributed by atoms with Crippen molar-refractivity contribution in [2.24, 2.45) is 5.92 Å². The maximum Gasteiger partial charge on any atom is 0.310 e. The largest absolute Gasteiger partial charge is 0.466 e. The Labute approximate surface area is 144 Å². The SMILES string of the molecule is CCOC(=O)C1CCCN(C(C)C(=O)N(C)C2CCS(=O)(=O)C2)C1. The minimum atomic E-state index is -3.02. The minimum absolute atomic E-state index is 0.0490. The van der Waals surface area contributed by atoms with E-state index in [9.17, 15) is 18.0 Å². The number of hydrogen-bond acceptors (Lipinski definition) is 6. The molecule has 0 aromatic rings. The highest BCUT2D eigenvalue weighted by Gasteiger charge is 2.37. The van der Waals surface area contributed by atoms with E-state index in [1.54, 1.807) is 18.9 Å². The van der Waals surface area contributed by atoms with E-state index in [0.29, 0.717) is 19.6 Å². The lowest BCUT2D eigenvalue weighted by Crippen LogP contribution is -2.52. The molecule has 7 nitrogen and oxygen atoms in total. The van der Waals surface area contributed by atoms with Gasteiger partial charge in [0.15, 0.2) is 9.84 Å². The van der Waals surface area contributed by atoms with Crippen molar-refractivity contribution < 1.29 is 22.7 Å². The van der Waals surface area contributed by atoms with E-state index in [0.717, 1.165) is 19.4 Å². The molecule has 2 aliphatic rings. The number of nitrogens with zero attached hydrogens (tertiary/aromatic N) is 2. The maximum absolute atomic E-state index is 12.7. The lowest BCUT2D eigenvalue weighted by Gasteiger charge is -2.37. The van der Waals surface area contributed by atoms with Crippen LogP contribution in [0.15, 0.2) is 0 Å². The summed E-state index contributed by atoms with van der Waals surface area (Å²) < 4.78 is 28.3. The molecule has 0 aliphatic carbocycles.